The summed E-state index contributed by atoms with van der Waals surface area (Å²) in [6.07, 6.45) is 1.00. The molecular weight excluding hydrogens is 259 g/mol. The van der Waals surface area contributed by atoms with Gasteiger partial charge in [0.25, 0.3) is 0 Å². The second-order valence-electron chi connectivity index (χ2n) is 8.15. The second-order valence-corrected chi connectivity index (χ2v) is 12.9. The van der Waals surface area contributed by atoms with Crippen molar-refractivity contribution in [1.82, 2.24) is 0 Å². The highest BCUT2D eigenvalue weighted by Gasteiger charge is 2.46. The number of methoxy groups -OCH3 is 1. The van der Waals surface area contributed by atoms with Crippen LogP contribution in [0.15, 0.2) is 0 Å². The quantitative estimate of drug-likeness (QED) is 0.498. The number of ether oxygens (including phenoxy) is 1. The van der Waals surface area contributed by atoms with E-state index in [0.29, 0.717) is 12.8 Å². The van der Waals surface area contributed by atoms with E-state index in [9.17, 15) is 4.39 Å². The van der Waals surface area contributed by atoms with Gasteiger partial charge in [-0.05, 0) is 23.5 Å². The standard InChI is InChI=1S/C15H33FO2Si/c1-13(2,3)12-15(17-7,10-11-16)18-19(8,9)14(4,5)6/h10-12H2,1-9H3. The maximum Gasteiger partial charge on any atom is 0.195 e. The predicted molar refractivity (Wildman–Crippen MR) is 82.7 cm³/mol. The van der Waals surface area contributed by atoms with E-state index in [0.717, 1.165) is 0 Å². The summed E-state index contributed by atoms with van der Waals surface area (Å²) in [6.45, 7) is 16.9. The van der Waals surface area contributed by atoms with Gasteiger partial charge in [-0.15, -0.1) is 0 Å². The Labute approximate surface area is 120 Å². The lowest BCUT2D eigenvalue weighted by Crippen LogP contribution is -2.52. The first-order valence-corrected chi connectivity index (χ1v) is 10.0. The average molecular weight is 293 g/mol. The summed E-state index contributed by atoms with van der Waals surface area (Å²) in [5.41, 5.74) is 0.0353. The van der Waals surface area contributed by atoms with Crippen LogP contribution in [0.1, 0.15) is 54.4 Å². The van der Waals surface area contributed by atoms with Gasteiger partial charge < -0.3 is 9.16 Å². The SMILES string of the molecule is COC(CCF)(CC(C)(C)C)O[Si](C)(C)C(C)(C)C. The Morgan fingerprint density at radius 2 is 1.47 bits per heavy atom. The molecule has 0 N–H and O–H groups in total. The molecule has 2 nitrogen and oxygen atoms in total. The zero-order valence-corrected chi connectivity index (χ0v) is 15.3. The maximum absolute atomic E-state index is 13.0. The average Bonchev–Trinajstić information content (AvgIpc) is 2.12. The van der Waals surface area contributed by atoms with Crippen molar-refractivity contribution in [3.05, 3.63) is 0 Å². The Morgan fingerprint density at radius 1 is 1.00 bits per heavy atom. The van der Waals surface area contributed by atoms with Crippen molar-refractivity contribution >= 4 is 8.32 Å². The van der Waals surface area contributed by atoms with E-state index in [1.807, 2.05) is 0 Å². The zero-order valence-electron chi connectivity index (χ0n) is 14.3. The van der Waals surface area contributed by atoms with E-state index in [1.165, 1.54) is 0 Å². The summed E-state index contributed by atoms with van der Waals surface area (Å²) < 4.78 is 25.1. The lowest BCUT2D eigenvalue weighted by atomic mass is 9.86. The lowest BCUT2D eigenvalue weighted by Gasteiger charge is -2.46. The van der Waals surface area contributed by atoms with Gasteiger partial charge in [-0.1, -0.05) is 41.5 Å². The molecule has 4 heteroatoms. The molecule has 19 heavy (non-hydrogen) atoms. The second kappa shape index (κ2) is 6.23. The number of halogens is 1. The molecule has 1 atom stereocenters. The van der Waals surface area contributed by atoms with Gasteiger partial charge >= 0.3 is 0 Å². The van der Waals surface area contributed by atoms with Crippen LogP contribution in [0, 0.1) is 5.41 Å². The summed E-state index contributed by atoms with van der Waals surface area (Å²) in [6, 6.07) is 0. The van der Waals surface area contributed by atoms with Crippen molar-refractivity contribution in [2.24, 2.45) is 5.41 Å². The highest BCUT2D eigenvalue weighted by atomic mass is 28.4. The minimum Gasteiger partial charge on any atom is -0.390 e. The number of hydrogen-bond donors (Lipinski definition) is 0. The summed E-state index contributed by atoms with van der Waals surface area (Å²) >= 11 is 0. The highest BCUT2D eigenvalue weighted by Crippen LogP contribution is 2.43. The van der Waals surface area contributed by atoms with E-state index in [4.69, 9.17) is 9.16 Å². The van der Waals surface area contributed by atoms with Crippen molar-refractivity contribution in [2.75, 3.05) is 13.8 Å². The lowest BCUT2D eigenvalue weighted by molar-refractivity contribution is -0.196. The third-order valence-corrected chi connectivity index (χ3v) is 8.39. The van der Waals surface area contributed by atoms with Crippen molar-refractivity contribution in [3.63, 3.8) is 0 Å². The van der Waals surface area contributed by atoms with Gasteiger partial charge in [-0.25, -0.2) is 0 Å². The van der Waals surface area contributed by atoms with Gasteiger partial charge in [0.15, 0.2) is 14.1 Å². The first-order chi connectivity index (χ1) is 8.29. The Bertz CT molecular complexity index is 279. The molecule has 0 spiro atoms. The fourth-order valence-corrected chi connectivity index (χ4v) is 3.46. The van der Waals surface area contributed by atoms with Crippen LogP contribution >= 0.6 is 0 Å². The molecule has 0 saturated heterocycles. The summed E-state index contributed by atoms with van der Waals surface area (Å²) in [4.78, 5) is 0. The molecule has 0 aromatic carbocycles. The molecule has 0 aromatic rings. The monoisotopic (exact) mass is 292 g/mol. The van der Waals surface area contributed by atoms with Gasteiger partial charge in [-0.3, -0.25) is 4.39 Å². The largest absolute Gasteiger partial charge is 0.390 e. The van der Waals surface area contributed by atoms with Crippen molar-refractivity contribution in [3.8, 4) is 0 Å². The van der Waals surface area contributed by atoms with Crippen LogP contribution in [0.2, 0.25) is 18.1 Å². The Balaban J connectivity index is 5.27. The fraction of sp³-hybridized carbons (Fsp3) is 1.00. The fourth-order valence-electron chi connectivity index (χ4n) is 1.96. The van der Waals surface area contributed by atoms with Gasteiger partial charge in [0.05, 0.1) is 6.67 Å². The molecule has 0 saturated carbocycles. The number of alkyl halides is 1. The van der Waals surface area contributed by atoms with E-state index in [1.54, 1.807) is 7.11 Å². The normalized spacial score (nSPS) is 17.4. The molecule has 0 aliphatic rings. The van der Waals surface area contributed by atoms with Crippen LogP contribution in [-0.2, 0) is 9.16 Å². The molecule has 0 bridgehead atoms. The van der Waals surface area contributed by atoms with Crippen LogP contribution in [0.3, 0.4) is 0 Å². The van der Waals surface area contributed by atoms with Crippen molar-refractivity contribution in [1.29, 1.82) is 0 Å². The number of hydrogen-bond acceptors (Lipinski definition) is 2. The van der Waals surface area contributed by atoms with Gasteiger partial charge in [0.1, 0.15) is 0 Å². The molecular formula is C15H33FO2Si. The third-order valence-electron chi connectivity index (χ3n) is 3.89. The van der Waals surface area contributed by atoms with E-state index >= 15 is 0 Å². The van der Waals surface area contributed by atoms with Crippen LogP contribution in [0.5, 0.6) is 0 Å². The Morgan fingerprint density at radius 3 is 1.74 bits per heavy atom. The number of rotatable bonds is 6. The molecule has 116 valence electrons. The molecule has 0 fully saturated rings. The molecule has 0 heterocycles. The summed E-state index contributed by atoms with van der Waals surface area (Å²) in [5, 5.41) is 0.0883. The Hall–Kier alpha value is 0.0669. The zero-order chi connectivity index (χ0) is 15.5. The maximum atomic E-state index is 13.0. The van der Waals surface area contributed by atoms with Crippen LogP contribution in [0.25, 0.3) is 0 Å². The van der Waals surface area contributed by atoms with Gasteiger partial charge in [0, 0.05) is 20.0 Å². The smallest absolute Gasteiger partial charge is 0.195 e. The first-order valence-electron chi connectivity index (χ1n) is 7.10. The molecule has 0 amide bonds. The van der Waals surface area contributed by atoms with Gasteiger partial charge in [0.2, 0.25) is 0 Å². The minimum absolute atomic E-state index is 0.0353. The third kappa shape index (κ3) is 5.92. The van der Waals surface area contributed by atoms with E-state index in [-0.39, 0.29) is 10.5 Å². The van der Waals surface area contributed by atoms with Crippen LogP contribution < -0.4 is 0 Å². The Kier molecular flexibility index (Phi) is 6.25. The minimum atomic E-state index is -1.99. The van der Waals surface area contributed by atoms with E-state index < -0.39 is 20.8 Å². The molecule has 0 aliphatic heterocycles. The highest BCUT2D eigenvalue weighted by molar-refractivity contribution is 6.74. The summed E-state index contributed by atoms with van der Waals surface area (Å²) in [5.74, 6) is -0.796. The van der Waals surface area contributed by atoms with Crippen LogP contribution in [0.4, 0.5) is 4.39 Å². The molecule has 1 unspecified atom stereocenters. The van der Waals surface area contributed by atoms with Crippen molar-refractivity contribution in [2.45, 2.75) is 78.3 Å². The first kappa shape index (κ1) is 19.1. The molecule has 0 aromatic heterocycles. The topological polar surface area (TPSA) is 18.5 Å². The molecule has 0 rings (SSSR count). The van der Waals surface area contributed by atoms with Crippen LogP contribution in [-0.4, -0.2) is 27.9 Å². The summed E-state index contributed by atoms with van der Waals surface area (Å²) in [7, 11) is -0.356. The predicted octanol–water partition coefficient (Wildman–Crippen LogP) is 5.15. The molecule has 0 radical (unpaired) electrons. The van der Waals surface area contributed by atoms with Gasteiger partial charge in [-0.2, -0.15) is 0 Å². The molecule has 0 aliphatic carbocycles. The van der Waals surface area contributed by atoms with E-state index in [2.05, 4.69) is 54.6 Å². The van der Waals surface area contributed by atoms with Crippen molar-refractivity contribution < 1.29 is 13.6 Å².